The molecule has 0 spiro atoms. The minimum absolute atomic E-state index is 0.858. The number of rotatable bonds is 4. The van der Waals surface area contributed by atoms with E-state index in [2.05, 4.69) is 113 Å². The Balaban J connectivity index is 1.55. The molecule has 6 aromatic rings. The van der Waals surface area contributed by atoms with Gasteiger partial charge in [-0.15, -0.1) is 0 Å². The van der Waals surface area contributed by atoms with Crippen molar-refractivity contribution >= 4 is 10.9 Å². The van der Waals surface area contributed by atoms with Gasteiger partial charge in [-0.2, -0.15) is 0 Å². The van der Waals surface area contributed by atoms with Crippen LogP contribution in [0.2, 0.25) is 0 Å². The van der Waals surface area contributed by atoms with Crippen molar-refractivity contribution in [3.8, 4) is 45.2 Å². The van der Waals surface area contributed by atoms with Crippen molar-refractivity contribution < 1.29 is 0 Å². The predicted octanol–water partition coefficient (Wildman–Crippen LogP) is 7.56. The zero-order chi connectivity index (χ0) is 21.3. The second-order valence-electron chi connectivity index (χ2n) is 7.86. The molecule has 4 aromatic carbocycles. The summed E-state index contributed by atoms with van der Waals surface area (Å²) in [4.78, 5) is 12.3. The SMILES string of the molecule is c1ccc(-c2nc(-c3ccccc3-c3cc4ccccc4[nH]3)[nH]c2-c2ccccc2)cc1. The number of para-hydroxylation sites is 1. The van der Waals surface area contributed by atoms with Gasteiger partial charge in [-0.25, -0.2) is 4.98 Å². The molecule has 3 heteroatoms. The summed E-state index contributed by atoms with van der Waals surface area (Å²) in [5.41, 5.74) is 8.60. The van der Waals surface area contributed by atoms with Gasteiger partial charge < -0.3 is 9.97 Å². The van der Waals surface area contributed by atoms with Crippen LogP contribution in [-0.4, -0.2) is 15.0 Å². The molecular formula is C29H21N3. The lowest BCUT2D eigenvalue weighted by molar-refractivity contribution is 1.30. The Hall–Kier alpha value is -4.37. The molecule has 2 N–H and O–H groups in total. The van der Waals surface area contributed by atoms with Crippen LogP contribution in [0.1, 0.15) is 0 Å². The maximum absolute atomic E-state index is 5.10. The molecule has 0 saturated heterocycles. The number of fused-ring (bicyclic) bond motifs is 1. The molecule has 2 heterocycles. The first kappa shape index (κ1) is 18.4. The molecule has 0 atom stereocenters. The number of benzene rings is 4. The second kappa shape index (κ2) is 7.71. The van der Waals surface area contributed by atoms with Crippen molar-refractivity contribution in [2.24, 2.45) is 0 Å². The molecule has 0 bridgehead atoms. The van der Waals surface area contributed by atoms with Crippen LogP contribution >= 0.6 is 0 Å². The molecule has 0 unspecified atom stereocenters. The van der Waals surface area contributed by atoms with Crippen molar-refractivity contribution in [2.75, 3.05) is 0 Å². The molecule has 0 amide bonds. The van der Waals surface area contributed by atoms with Crippen LogP contribution in [0, 0.1) is 0 Å². The summed E-state index contributed by atoms with van der Waals surface area (Å²) in [6.07, 6.45) is 0. The van der Waals surface area contributed by atoms with Crippen molar-refractivity contribution in [1.82, 2.24) is 15.0 Å². The van der Waals surface area contributed by atoms with Crippen LogP contribution in [-0.2, 0) is 0 Å². The summed E-state index contributed by atoms with van der Waals surface area (Å²) in [7, 11) is 0. The fourth-order valence-electron chi connectivity index (χ4n) is 4.26. The molecule has 0 radical (unpaired) electrons. The quantitative estimate of drug-likeness (QED) is 0.309. The highest BCUT2D eigenvalue weighted by atomic mass is 14.9. The Morgan fingerprint density at radius 2 is 1.16 bits per heavy atom. The van der Waals surface area contributed by atoms with Crippen LogP contribution in [0.3, 0.4) is 0 Å². The first-order chi connectivity index (χ1) is 15.9. The van der Waals surface area contributed by atoms with Crippen molar-refractivity contribution in [3.05, 3.63) is 115 Å². The Labute approximate surface area is 186 Å². The van der Waals surface area contributed by atoms with Gasteiger partial charge in [0, 0.05) is 38.9 Å². The minimum Gasteiger partial charge on any atom is -0.355 e. The molecule has 2 aromatic heterocycles. The molecule has 0 aliphatic rings. The number of aromatic amines is 2. The predicted molar refractivity (Wildman–Crippen MR) is 132 cm³/mol. The average Bonchev–Trinajstić information content (AvgIpc) is 3.50. The van der Waals surface area contributed by atoms with Crippen molar-refractivity contribution in [2.45, 2.75) is 0 Å². The highest BCUT2D eigenvalue weighted by Gasteiger charge is 2.18. The lowest BCUT2D eigenvalue weighted by Gasteiger charge is -2.05. The Kier molecular flexibility index (Phi) is 4.43. The number of H-pyrrole nitrogens is 2. The van der Waals surface area contributed by atoms with Crippen LogP contribution in [0.25, 0.3) is 56.1 Å². The molecule has 0 fully saturated rings. The number of hydrogen-bond acceptors (Lipinski definition) is 1. The standard InChI is InChI=1S/C29H21N3/c1-3-11-20(12-4-1)27-28(21-13-5-2-6-14-21)32-29(31-27)24-17-9-8-16-23(24)26-19-22-15-7-10-18-25(22)30-26/h1-19,30H,(H,31,32). The van der Waals surface area contributed by atoms with Crippen LogP contribution in [0.5, 0.6) is 0 Å². The smallest absolute Gasteiger partial charge is 0.139 e. The van der Waals surface area contributed by atoms with Crippen molar-refractivity contribution in [1.29, 1.82) is 0 Å². The fraction of sp³-hybridized carbons (Fsp3) is 0. The van der Waals surface area contributed by atoms with Gasteiger partial charge in [0.05, 0.1) is 11.4 Å². The molecule has 0 aliphatic heterocycles. The molecule has 6 rings (SSSR count). The number of nitrogens with zero attached hydrogens (tertiary/aromatic N) is 1. The Morgan fingerprint density at radius 1 is 0.531 bits per heavy atom. The largest absolute Gasteiger partial charge is 0.355 e. The van der Waals surface area contributed by atoms with Crippen LogP contribution < -0.4 is 0 Å². The molecule has 32 heavy (non-hydrogen) atoms. The van der Waals surface area contributed by atoms with Gasteiger partial charge in [0.1, 0.15) is 5.82 Å². The highest BCUT2D eigenvalue weighted by Crippen LogP contribution is 2.37. The van der Waals surface area contributed by atoms with E-state index in [1.165, 1.54) is 5.39 Å². The maximum atomic E-state index is 5.10. The first-order valence-electron chi connectivity index (χ1n) is 10.8. The van der Waals surface area contributed by atoms with E-state index in [9.17, 15) is 0 Å². The molecule has 152 valence electrons. The van der Waals surface area contributed by atoms with Gasteiger partial charge in [0.25, 0.3) is 0 Å². The normalized spacial score (nSPS) is 11.1. The zero-order valence-electron chi connectivity index (χ0n) is 17.4. The van der Waals surface area contributed by atoms with E-state index in [0.29, 0.717) is 0 Å². The van der Waals surface area contributed by atoms with Gasteiger partial charge >= 0.3 is 0 Å². The highest BCUT2D eigenvalue weighted by molar-refractivity contribution is 5.90. The third kappa shape index (κ3) is 3.21. The first-order valence-corrected chi connectivity index (χ1v) is 10.8. The summed E-state index contributed by atoms with van der Waals surface area (Å²) < 4.78 is 0. The summed E-state index contributed by atoms with van der Waals surface area (Å²) in [6, 6.07) is 39.7. The molecule has 3 nitrogen and oxygen atoms in total. The maximum Gasteiger partial charge on any atom is 0.139 e. The zero-order valence-corrected chi connectivity index (χ0v) is 17.4. The van der Waals surface area contributed by atoms with Gasteiger partial charge in [0.15, 0.2) is 0 Å². The molecule has 0 aliphatic carbocycles. The van der Waals surface area contributed by atoms with Gasteiger partial charge in [0.2, 0.25) is 0 Å². The Bertz CT molecular complexity index is 1420. The summed E-state index contributed by atoms with van der Waals surface area (Å²) >= 11 is 0. The summed E-state index contributed by atoms with van der Waals surface area (Å²) in [5.74, 6) is 0.858. The average molecular weight is 412 g/mol. The van der Waals surface area contributed by atoms with E-state index < -0.39 is 0 Å². The molecule has 0 saturated carbocycles. The molecular weight excluding hydrogens is 390 g/mol. The van der Waals surface area contributed by atoms with Gasteiger partial charge in [-0.05, 0) is 12.1 Å². The van der Waals surface area contributed by atoms with E-state index >= 15 is 0 Å². The minimum atomic E-state index is 0.858. The van der Waals surface area contributed by atoms with E-state index in [4.69, 9.17) is 4.98 Å². The van der Waals surface area contributed by atoms with E-state index in [-0.39, 0.29) is 0 Å². The number of imidazole rings is 1. The number of nitrogens with one attached hydrogen (secondary N) is 2. The third-order valence-corrected chi connectivity index (χ3v) is 5.82. The Morgan fingerprint density at radius 3 is 1.91 bits per heavy atom. The second-order valence-corrected chi connectivity index (χ2v) is 7.86. The van der Waals surface area contributed by atoms with Crippen LogP contribution in [0.15, 0.2) is 115 Å². The number of aromatic nitrogens is 3. The topological polar surface area (TPSA) is 44.5 Å². The monoisotopic (exact) mass is 411 g/mol. The van der Waals surface area contributed by atoms with Gasteiger partial charge in [-0.1, -0.05) is 103 Å². The third-order valence-electron chi connectivity index (χ3n) is 5.82. The van der Waals surface area contributed by atoms with E-state index in [0.717, 1.165) is 50.7 Å². The lowest BCUT2D eigenvalue weighted by Crippen LogP contribution is -1.87. The van der Waals surface area contributed by atoms with Crippen molar-refractivity contribution in [3.63, 3.8) is 0 Å². The van der Waals surface area contributed by atoms with E-state index in [1.807, 2.05) is 12.1 Å². The van der Waals surface area contributed by atoms with Crippen LogP contribution in [0.4, 0.5) is 0 Å². The number of hydrogen-bond donors (Lipinski definition) is 2. The summed E-state index contributed by atoms with van der Waals surface area (Å²) in [5, 5.41) is 1.20. The fourth-order valence-corrected chi connectivity index (χ4v) is 4.26. The van der Waals surface area contributed by atoms with Gasteiger partial charge in [-0.3, -0.25) is 0 Å². The van der Waals surface area contributed by atoms with E-state index in [1.54, 1.807) is 0 Å². The lowest BCUT2D eigenvalue weighted by atomic mass is 10.0. The summed E-state index contributed by atoms with van der Waals surface area (Å²) in [6.45, 7) is 0.